The number of phenols is 1. The summed E-state index contributed by atoms with van der Waals surface area (Å²) in [5.74, 6) is 3.53. The number of piperazine rings is 1. The van der Waals surface area contributed by atoms with E-state index in [1.54, 1.807) is 6.07 Å². The first-order valence-electron chi connectivity index (χ1n) is 8.56. The van der Waals surface area contributed by atoms with E-state index in [1.165, 1.54) is 32.2 Å². The number of benzene rings is 1. The van der Waals surface area contributed by atoms with E-state index in [0.29, 0.717) is 5.75 Å². The summed E-state index contributed by atoms with van der Waals surface area (Å²) in [6, 6.07) is 7.72. The standard InChI is InChI=1S/C18H26N2O/c21-18-4-2-1-3-17(18)20-11-9-19(10-12-20)13-15-6-5-14-7-8-16(14)15/h1-4,14-16,21H,5-13H2/t14-,15+,16+/m1/s1. The van der Waals surface area contributed by atoms with Gasteiger partial charge in [0.15, 0.2) is 0 Å². The lowest BCUT2D eigenvalue weighted by Crippen LogP contribution is -2.48. The summed E-state index contributed by atoms with van der Waals surface area (Å²) in [7, 11) is 0. The largest absolute Gasteiger partial charge is 0.506 e. The Hall–Kier alpha value is -1.22. The van der Waals surface area contributed by atoms with Gasteiger partial charge in [-0.05, 0) is 55.6 Å². The average Bonchev–Trinajstić information content (AvgIpc) is 2.74. The van der Waals surface area contributed by atoms with Gasteiger partial charge in [-0.15, -0.1) is 0 Å². The van der Waals surface area contributed by atoms with Crippen molar-refractivity contribution in [2.45, 2.75) is 25.7 Å². The van der Waals surface area contributed by atoms with Crippen LogP contribution in [0.5, 0.6) is 5.75 Å². The minimum absolute atomic E-state index is 0.416. The van der Waals surface area contributed by atoms with Crippen molar-refractivity contribution in [3.05, 3.63) is 24.3 Å². The van der Waals surface area contributed by atoms with Crippen LogP contribution in [0.3, 0.4) is 0 Å². The van der Waals surface area contributed by atoms with Gasteiger partial charge in [0, 0.05) is 32.7 Å². The highest BCUT2D eigenvalue weighted by Gasteiger charge is 2.42. The van der Waals surface area contributed by atoms with Crippen molar-refractivity contribution in [1.82, 2.24) is 4.90 Å². The molecule has 2 saturated carbocycles. The summed E-state index contributed by atoms with van der Waals surface area (Å²) in [4.78, 5) is 4.98. The molecule has 3 nitrogen and oxygen atoms in total. The molecule has 3 heteroatoms. The summed E-state index contributed by atoms with van der Waals surface area (Å²) in [6.07, 6.45) is 5.96. The third-order valence-electron chi connectivity index (χ3n) is 6.08. The monoisotopic (exact) mass is 286 g/mol. The maximum absolute atomic E-state index is 9.97. The zero-order chi connectivity index (χ0) is 14.2. The Morgan fingerprint density at radius 2 is 1.71 bits per heavy atom. The maximum atomic E-state index is 9.97. The van der Waals surface area contributed by atoms with Crippen molar-refractivity contribution in [2.75, 3.05) is 37.6 Å². The van der Waals surface area contributed by atoms with Gasteiger partial charge in [-0.25, -0.2) is 0 Å². The number of aromatic hydroxyl groups is 1. The van der Waals surface area contributed by atoms with E-state index >= 15 is 0 Å². The van der Waals surface area contributed by atoms with Gasteiger partial charge in [0.05, 0.1) is 5.69 Å². The zero-order valence-electron chi connectivity index (χ0n) is 12.7. The van der Waals surface area contributed by atoms with Crippen LogP contribution in [-0.2, 0) is 0 Å². The molecule has 1 aromatic rings. The van der Waals surface area contributed by atoms with Gasteiger partial charge in [-0.2, -0.15) is 0 Å². The predicted molar refractivity (Wildman–Crippen MR) is 85.7 cm³/mol. The second kappa shape index (κ2) is 5.53. The topological polar surface area (TPSA) is 26.7 Å². The molecule has 3 aliphatic rings. The zero-order valence-corrected chi connectivity index (χ0v) is 12.7. The SMILES string of the molecule is Oc1ccccc1N1CCN(C[C@@H]2CC[C@@H]3CC[C@@H]32)CC1. The Bertz CT molecular complexity index is 496. The number of hydrogen-bond acceptors (Lipinski definition) is 3. The van der Waals surface area contributed by atoms with Crippen LogP contribution in [0, 0.1) is 17.8 Å². The van der Waals surface area contributed by atoms with Crippen molar-refractivity contribution in [2.24, 2.45) is 17.8 Å². The molecule has 1 saturated heterocycles. The number of hydrogen-bond donors (Lipinski definition) is 1. The van der Waals surface area contributed by atoms with Gasteiger partial charge in [-0.1, -0.05) is 12.1 Å². The average molecular weight is 286 g/mol. The van der Waals surface area contributed by atoms with Crippen molar-refractivity contribution in [3.8, 4) is 5.75 Å². The molecule has 0 aromatic heterocycles. The highest BCUT2D eigenvalue weighted by Crippen LogP contribution is 2.50. The van der Waals surface area contributed by atoms with Crippen molar-refractivity contribution >= 4 is 5.69 Å². The number of nitrogens with zero attached hydrogens (tertiary/aromatic N) is 2. The van der Waals surface area contributed by atoms with E-state index in [2.05, 4.69) is 9.80 Å². The third-order valence-corrected chi connectivity index (χ3v) is 6.08. The fraction of sp³-hybridized carbons (Fsp3) is 0.667. The summed E-state index contributed by atoms with van der Waals surface area (Å²) >= 11 is 0. The van der Waals surface area contributed by atoms with E-state index in [0.717, 1.165) is 49.6 Å². The lowest BCUT2D eigenvalue weighted by atomic mass is 9.72. The summed E-state index contributed by atoms with van der Waals surface area (Å²) < 4.78 is 0. The normalized spacial score (nSPS) is 32.8. The molecule has 2 aliphatic carbocycles. The van der Waals surface area contributed by atoms with Crippen LogP contribution in [-0.4, -0.2) is 42.7 Å². The summed E-state index contributed by atoms with van der Waals surface area (Å²) in [5, 5.41) is 9.97. The maximum Gasteiger partial charge on any atom is 0.138 e. The number of rotatable bonds is 3. The van der Waals surface area contributed by atoms with Gasteiger partial charge in [0.1, 0.15) is 5.75 Å². The number of phenolic OH excluding ortho intramolecular Hbond substituents is 1. The first-order valence-corrected chi connectivity index (χ1v) is 8.56. The fourth-order valence-corrected chi connectivity index (χ4v) is 4.68. The van der Waals surface area contributed by atoms with Gasteiger partial charge in [0.25, 0.3) is 0 Å². The highest BCUT2D eigenvalue weighted by molar-refractivity contribution is 5.57. The van der Waals surface area contributed by atoms with Crippen LogP contribution in [0.15, 0.2) is 24.3 Å². The molecule has 1 heterocycles. The first-order chi connectivity index (χ1) is 10.3. The molecule has 0 bridgehead atoms. The van der Waals surface area contributed by atoms with E-state index < -0.39 is 0 Å². The van der Waals surface area contributed by atoms with Crippen LogP contribution in [0.2, 0.25) is 0 Å². The molecule has 1 aromatic carbocycles. The second-order valence-electron chi connectivity index (χ2n) is 7.12. The van der Waals surface area contributed by atoms with Crippen molar-refractivity contribution in [1.29, 1.82) is 0 Å². The Labute approximate surface area is 127 Å². The Kier molecular flexibility index (Phi) is 3.54. The fourth-order valence-electron chi connectivity index (χ4n) is 4.68. The molecule has 0 unspecified atom stereocenters. The van der Waals surface area contributed by atoms with Crippen molar-refractivity contribution in [3.63, 3.8) is 0 Å². The molecule has 114 valence electrons. The highest BCUT2D eigenvalue weighted by atomic mass is 16.3. The number of para-hydroxylation sites is 2. The quantitative estimate of drug-likeness (QED) is 0.925. The number of fused-ring (bicyclic) bond motifs is 1. The van der Waals surface area contributed by atoms with Crippen LogP contribution >= 0.6 is 0 Å². The van der Waals surface area contributed by atoms with Gasteiger partial charge in [0.2, 0.25) is 0 Å². The van der Waals surface area contributed by atoms with Crippen LogP contribution in [0.4, 0.5) is 5.69 Å². The van der Waals surface area contributed by atoms with Gasteiger partial charge >= 0.3 is 0 Å². The van der Waals surface area contributed by atoms with Crippen molar-refractivity contribution < 1.29 is 5.11 Å². The molecule has 4 rings (SSSR count). The molecule has 3 atom stereocenters. The lowest BCUT2D eigenvalue weighted by molar-refractivity contribution is 0.128. The van der Waals surface area contributed by atoms with Crippen LogP contribution < -0.4 is 4.90 Å². The molecule has 0 spiro atoms. The molecule has 1 aliphatic heterocycles. The third kappa shape index (κ3) is 2.52. The minimum atomic E-state index is 0.416. The molecular formula is C18H26N2O. The lowest BCUT2D eigenvalue weighted by Gasteiger charge is -2.40. The molecule has 3 fully saturated rings. The minimum Gasteiger partial charge on any atom is -0.506 e. The molecule has 21 heavy (non-hydrogen) atoms. The smallest absolute Gasteiger partial charge is 0.138 e. The first kappa shape index (κ1) is 13.4. The van der Waals surface area contributed by atoms with Crippen LogP contribution in [0.25, 0.3) is 0 Å². The molecule has 1 N–H and O–H groups in total. The van der Waals surface area contributed by atoms with E-state index in [9.17, 15) is 5.11 Å². The van der Waals surface area contributed by atoms with E-state index in [-0.39, 0.29) is 0 Å². The Morgan fingerprint density at radius 1 is 0.952 bits per heavy atom. The Balaban J connectivity index is 1.32. The summed E-state index contributed by atoms with van der Waals surface area (Å²) in [6.45, 7) is 5.68. The van der Waals surface area contributed by atoms with Crippen LogP contribution in [0.1, 0.15) is 25.7 Å². The predicted octanol–water partition coefficient (Wildman–Crippen LogP) is 2.95. The van der Waals surface area contributed by atoms with Gasteiger partial charge < -0.3 is 10.0 Å². The second-order valence-corrected chi connectivity index (χ2v) is 7.12. The van der Waals surface area contributed by atoms with E-state index in [4.69, 9.17) is 0 Å². The molecular weight excluding hydrogens is 260 g/mol. The number of anilines is 1. The summed E-state index contributed by atoms with van der Waals surface area (Å²) in [5.41, 5.74) is 0.997. The van der Waals surface area contributed by atoms with Gasteiger partial charge in [-0.3, -0.25) is 4.90 Å². The molecule has 0 amide bonds. The Morgan fingerprint density at radius 3 is 2.38 bits per heavy atom. The molecule has 0 radical (unpaired) electrons. The van der Waals surface area contributed by atoms with E-state index in [1.807, 2.05) is 18.2 Å².